The summed E-state index contributed by atoms with van der Waals surface area (Å²) in [4.78, 5) is 23.8. The molecule has 0 amide bonds. The molecule has 0 aliphatic heterocycles. The summed E-state index contributed by atoms with van der Waals surface area (Å²) in [5.74, 6) is 2.55. The van der Waals surface area contributed by atoms with Gasteiger partial charge in [0.25, 0.3) is 0 Å². The van der Waals surface area contributed by atoms with Crippen molar-refractivity contribution in [1.29, 1.82) is 0 Å². The molecule has 0 bridgehead atoms. The predicted molar refractivity (Wildman–Crippen MR) is 153 cm³/mol. The van der Waals surface area contributed by atoms with Crippen LogP contribution in [0.2, 0.25) is 0 Å². The SMILES string of the molecule is C=CC(=O)OCCCCCCOC1CCC(C(=O)OC2CCC(C3CCC(CCCCC)CC3)CC2)CC1. The second kappa shape index (κ2) is 18.1. The zero-order valence-corrected chi connectivity index (χ0v) is 24.3. The Balaban J connectivity index is 1.19. The van der Waals surface area contributed by atoms with Gasteiger partial charge in [0.1, 0.15) is 6.10 Å². The summed E-state index contributed by atoms with van der Waals surface area (Å²) < 4.78 is 17.1. The summed E-state index contributed by atoms with van der Waals surface area (Å²) in [5, 5.41) is 0. The molecule has 0 atom stereocenters. The molecule has 0 N–H and O–H groups in total. The molecule has 0 radical (unpaired) electrons. The van der Waals surface area contributed by atoms with Crippen LogP contribution in [-0.2, 0) is 23.8 Å². The number of unbranched alkanes of at least 4 members (excludes halogenated alkanes) is 5. The molecule has 218 valence electrons. The molecule has 0 heterocycles. The van der Waals surface area contributed by atoms with Crippen molar-refractivity contribution in [2.75, 3.05) is 13.2 Å². The molecule has 3 rings (SSSR count). The van der Waals surface area contributed by atoms with Crippen molar-refractivity contribution < 1.29 is 23.8 Å². The Morgan fingerprint density at radius 1 is 0.711 bits per heavy atom. The monoisotopic (exact) mass is 532 g/mol. The van der Waals surface area contributed by atoms with Crippen LogP contribution >= 0.6 is 0 Å². The fourth-order valence-electron chi connectivity index (χ4n) is 7.07. The minimum absolute atomic E-state index is 0.0524. The Kier molecular flexibility index (Phi) is 14.8. The highest BCUT2D eigenvalue weighted by atomic mass is 16.5. The van der Waals surface area contributed by atoms with E-state index in [1.54, 1.807) is 0 Å². The van der Waals surface area contributed by atoms with Gasteiger partial charge in [-0.05, 0) is 101 Å². The van der Waals surface area contributed by atoms with Crippen LogP contribution in [0.3, 0.4) is 0 Å². The third kappa shape index (κ3) is 11.4. The summed E-state index contributed by atoms with van der Waals surface area (Å²) in [5.41, 5.74) is 0. The molecule has 0 aromatic carbocycles. The van der Waals surface area contributed by atoms with Gasteiger partial charge in [0.15, 0.2) is 0 Å². The Hall–Kier alpha value is -1.36. The number of esters is 2. The average molecular weight is 533 g/mol. The zero-order valence-electron chi connectivity index (χ0n) is 24.3. The van der Waals surface area contributed by atoms with Gasteiger partial charge in [-0.1, -0.05) is 58.4 Å². The maximum Gasteiger partial charge on any atom is 0.330 e. The molecule has 38 heavy (non-hydrogen) atoms. The van der Waals surface area contributed by atoms with Gasteiger partial charge in [-0.2, -0.15) is 0 Å². The van der Waals surface area contributed by atoms with Crippen LogP contribution in [0, 0.1) is 23.7 Å². The predicted octanol–water partition coefficient (Wildman–Crippen LogP) is 8.34. The first kappa shape index (κ1) is 31.2. The van der Waals surface area contributed by atoms with Crippen LogP contribution < -0.4 is 0 Å². The van der Waals surface area contributed by atoms with E-state index in [2.05, 4.69) is 13.5 Å². The minimum atomic E-state index is -0.346. The third-order valence-corrected chi connectivity index (χ3v) is 9.59. The van der Waals surface area contributed by atoms with E-state index in [0.29, 0.717) is 6.61 Å². The molecule has 3 fully saturated rings. The fraction of sp³-hybridized carbons (Fsp3) is 0.879. The quantitative estimate of drug-likeness (QED) is 0.114. The molecule has 3 saturated carbocycles. The van der Waals surface area contributed by atoms with Crippen LogP contribution in [-0.4, -0.2) is 37.4 Å². The first-order valence-corrected chi connectivity index (χ1v) is 16.2. The lowest BCUT2D eigenvalue weighted by molar-refractivity contribution is -0.158. The molecule has 0 aromatic heterocycles. The molecular formula is C33H56O5. The summed E-state index contributed by atoms with van der Waals surface area (Å²) >= 11 is 0. The molecular weight excluding hydrogens is 476 g/mol. The highest BCUT2D eigenvalue weighted by Crippen LogP contribution is 2.42. The Morgan fingerprint density at radius 3 is 1.95 bits per heavy atom. The Labute approximate surface area is 232 Å². The van der Waals surface area contributed by atoms with E-state index in [0.717, 1.165) is 88.6 Å². The van der Waals surface area contributed by atoms with E-state index in [1.807, 2.05) is 0 Å². The van der Waals surface area contributed by atoms with Crippen molar-refractivity contribution in [2.24, 2.45) is 23.7 Å². The largest absolute Gasteiger partial charge is 0.463 e. The first-order valence-electron chi connectivity index (χ1n) is 16.2. The molecule has 0 saturated heterocycles. The van der Waals surface area contributed by atoms with Crippen LogP contribution in [0.4, 0.5) is 0 Å². The molecule has 5 heteroatoms. The second-order valence-electron chi connectivity index (χ2n) is 12.4. The van der Waals surface area contributed by atoms with E-state index in [-0.39, 0.29) is 30.1 Å². The van der Waals surface area contributed by atoms with Crippen molar-refractivity contribution >= 4 is 11.9 Å². The number of carbonyl (C=O) groups excluding carboxylic acids is 2. The van der Waals surface area contributed by atoms with Crippen molar-refractivity contribution in [1.82, 2.24) is 0 Å². The average Bonchev–Trinajstić information content (AvgIpc) is 2.95. The molecule has 3 aliphatic carbocycles. The molecule has 0 spiro atoms. The number of ether oxygens (including phenoxy) is 3. The lowest BCUT2D eigenvalue weighted by Gasteiger charge is -2.38. The van der Waals surface area contributed by atoms with E-state index < -0.39 is 0 Å². The molecule has 0 aromatic rings. The van der Waals surface area contributed by atoms with E-state index in [9.17, 15) is 9.59 Å². The zero-order chi connectivity index (χ0) is 27.0. The first-order chi connectivity index (χ1) is 18.6. The molecule has 5 nitrogen and oxygen atoms in total. The van der Waals surface area contributed by atoms with Crippen molar-refractivity contribution in [3.8, 4) is 0 Å². The lowest BCUT2D eigenvalue weighted by Crippen LogP contribution is -2.33. The van der Waals surface area contributed by atoms with Gasteiger partial charge in [-0.3, -0.25) is 4.79 Å². The number of rotatable bonds is 16. The van der Waals surface area contributed by atoms with Crippen molar-refractivity contribution in [3.63, 3.8) is 0 Å². The lowest BCUT2D eigenvalue weighted by atomic mass is 9.70. The minimum Gasteiger partial charge on any atom is -0.463 e. The second-order valence-corrected chi connectivity index (χ2v) is 12.4. The summed E-state index contributed by atoms with van der Waals surface area (Å²) in [6, 6.07) is 0. The van der Waals surface area contributed by atoms with E-state index >= 15 is 0 Å². The maximum absolute atomic E-state index is 12.8. The third-order valence-electron chi connectivity index (χ3n) is 9.59. The fourth-order valence-corrected chi connectivity index (χ4v) is 7.07. The number of hydrogen-bond donors (Lipinski definition) is 0. The Morgan fingerprint density at radius 2 is 1.32 bits per heavy atom. The van der Waals surface area contributed by atoms with Crippen molar-refractivity contribution in [2.45, 2.75) is 148 Å². The highest BCUT2D eigenvalue weighted by molar-refractivity contribution is 5.81. The van der Waals surface area contributed by atoms with E-state index in [4.69, 9.17) is 14.2 Å². The summed E-state index contributed by atoms with van der Waals surface area (Å²) in [7, 11) is 0. The van der Waals surface area contributed by atoms with Crippen LogP contribution in [0.15, 0.2) is 12.7 Å². The number of hydrogen-bond acceptors (Lipinski definition) is 5. The van der Waals surface area contributed by atoms with Crippen molar-refractivity contribution in [3.05, 3.63) is 12.7 Å². The van der Waals surface area contributed by atoms with Gasteiger partial charge in [-0.25, -0.2) is 4.79 Å². The van der Waals surface area contributed by atoms with Crippen LogP contribution in [0.25, 0.3) is 0 Å². The molecule has 0 unspecified atom stereocenters. The standard InChI is InChI=1S/C33H56O5/c1-3-5-8-11-26-12-14-27(15-13-26)28-16-22-31(23-17-28)38-33(35)29-18-20-30(21-19-29)36-24-9-6-7-10-25-37-32(34)4-2/h4,26-31H,2-3,5-25H2,1H3. The summed E-state index contributed by atoms with van der Waals surface area (Å²) in [6.45, 7) is 6.93. The van der Waals surface area contributed by atoms with Gasteiger partial charge in [0.2, 0.25) is 0 Å². The normalized spacial score (nSPS) is 29.9. The maximum atomic E-state index is 12.8. The van der Waals surface area contributed by atoms with Gasteiger partial charge in [-0.15, -0.1) is 0 Å². The van der Waals surface area contributed by atoms with Gasteiger partial charge < -0.3 is 14.2 Å². The van der Waals surface area contributed by atoms with E-state index in [1.165, 1.54) is 70.3 Å². The van der Waals surface area contributed by atoms with Crippen LogP contribution in [0.1, 0.15) is 135 Å². The van der Waals surface area contributed by atoms with Gasteiger partial charge in [0.05, 0.1) is 18.6 Å². The number of carbonyl (C=O) groups is 2. The smallest absolute Gasteiger partial charge is 0.330 e. The van der Waals surface area contributed by atoms with Gasteiger partial charge >= 0.3 is 11.9 Å². The highest BCUT2D eigenvalue weighted by Gasteiger charge is 2.34. The van der Waals surface area contributed by atoms with Crippen LogP contribution in [0.5, 0.6) is 0 Å². The summed E-state index contributed by atoms with van der Waals surface area (Å²) in [6.07, 6.45) is 25.4. The topological polar surface area (TPSA) is 61.8 Å². The Bertz CT molecular complexity index is 667. The van der Waals surface area contributed by atoms with Gasteiger partial charge in [0, 0.05) is 12.7 Å². The molecule has 3 aliphatic rings.